The lowest BCUT2D eigenvalue weighted by molar-refractivity contribution is -0.144. The van der Waals surface area contributed by atoms with Crippen LogP contribution in [0.15, 0.2) is 0 Å². The van der Waals surface area contributed by atoms with E-state index in [0.717, 1.165) is 19.3 Å². The summed E-state index contributed by atoms with van der Waals surface area (Å²) in [6.07, 6.45) is 3.17. The molecule has 0 aliphatic carbocycles. The van der Waals surface area contributed by atoms with Crippen LogP contribution in [-0.4, -0.2) is 35.5 Å². The third-order valence-corrected chi connectivity index (χ3v) is 2.85. The second-order valence-corrected chi connectivity index (χ2v) is 4.18. The van der Waals surface area contributed by atoms with Gasteiger partial charge in [-0.25, -0.2) is 10.3 Å². The Hall–Kier alpha value is -1.30. The van der Waals surface area contributed by atoms with Gasteiger partial charge in [0.15, 0.2) is 6.61 Å². The lowest BCUT2D eigenvalue weighted by Crippen LogP contribution is -2.49. The summed E-state index contributed by atoms with van der Waals surface area (Å²) in [5.74, 6) is -0.117. The molecule has 1 heterocycles. The molecule has 16 heavy (non-hydrogen) atoms. The number of likely N-dealkylation sites (tertiary alicyclic amines) is 1. The van der Waals surface area contributed by atoms with Crippen molar-refractivity contribution in [3.8, 4) is 0 Å². The number of primary amides is 1. The molecule has 0 bridgehead atoms. The van der Waals surface area contributed by atoms with Crippen LogP contribution in [0.4, 0.5) is 4.79 Å². The number of urea groups is 1. The van der Waals surface area contributed by atoms with Gasteiger partial charge in [0.2, 0.25) is 0 Å². The van der Waals surface area contributed by atoms with Gasteiger partial charge in [-0.3, -0.25) is 9.63 Å². The summed E-state index contributed by atoms with van der Waals surface area (Å²) in [5.41, 5.74) is 6.75. The zero-order chi connectivity index (χ0) is 12.1. The molecule has 1 aliphatic rings. The Kier molecular flexibility index (Phi) is 4.54. The number of hydrogen-bond acceptors (Lipinski definition) is 3. The summed E-state index contributed by atoms with van der Waals surface area (Å²) in [7, 11) is 0. The van der Waals surface area contributed by atoms with Crippen LogP contribution in [0.3, 0.4) is 0 Å². The van der Waals surface area contributed by atoms with Gasteiger partial charge in [-0.05, 0) is 33.1 Å². The Morgan fingerprint density at radius 3 is 2.44 bits per heavy atom. The first-order chi connectivity index (χ1) is 7.52. The summed E-state index contributed by atoms with van der Waals surface area (Å²) >= 11 is 0. The topological polar surface area (TPSA) is 84.7 Å². The van der Waals surface area contributed by atoms with Gasteiger partial charge in [0, 0.05) is 12.1 Å². The number of rotatable bonds is 3. The third kappa shape index (κ3) is 3.37. The Morgan fingerprint density at radius 2 is 1.94 bits per heavy atom. The summed E-state index contributed by atoms with van der Waals surface area (Å²) < 4.78 is 0. The highest BCUT2D eigenvalue weighted by Gasteiger charge is 2.28. The number of amides is 3. The minimum atomic E-state index is -0.799. The largest absolute Gasteiger partial charge is 0.350 e. The first kappa shape index (κ1) is 12.8. The van der Waals surface area contributed by atoms with Crippen molar-refractivity contribution in [3.05, 3.63) is 0 Å². The second-order valence-electron chi connectivity index (χ2n) is 4.18. The maximum Gasteiger partial charge on any atom is 0.336 e. The van der Waals surface area contributed by atoms with E-state index in [1.165, 1.54) is 0 Å². The van der Waals surface area contributed by atoms with E-state index in [1.54, 1.807) is 0 Å². The Morgan fingerprint density at radius 1 is 1.38 bits per heavy atom. The third-order valence-electron chi connectivity index (χ3n) is 2.85. The maximum absolute atomic E-state index is 11.8. The summed E-state index contributed by atoms with van der Waals surface area (Å²) in [6.45, 7) is 3.88. The van der Waals surface area contributed by atoms with Crippen molar-refractivity contribution in [3.63, 3.8) is 0 Å². The average Bonchev–Trinajstić information content (AvgIpc) is 2.16. The van der Waals surface area contributed by atoms with Crippen molar-refractivity contribution in [2.75, 3.05) is 6.61 Å². The van der Waals surface area contributed by atoms with Crippen LogP contribution in [-0.2, 0) is 9.63 Å². The molecule has 0 aromatic carbocycles. The predicted molar refractivity (Wildman–Crippen MR) is 58.3 cm³/mol. The van der Waals surface area contributed by atoms with Crippen LogP contribution in [0.2, 0.25) is 0 Å². The van der Waals surface area contributed by atoms with Gasteiger partial charge < -0.3 is 10.6 Å². The molecular weight excluding hydrogens is 210 g/mol. The van der Waals surface area contributed by atoms with Crippen molar-refractivity contribution in [2.24, 2.45) is 5.73 Å². The van der Waals surface area contributed by atoms with E-state index in [-0.39, 0.29) is 24.6 Å². The van der Waals surface area contributed by atoms with Gasteiger partial charge in [-0.1, -0.05) is 0 Å². The number of piperidine rings is 1. The van der Waals surface area contributed by atoms with E-state index in [4.69, 9.17) is 10.6 Å². The van der Waals surface area contributed by atoms with Gasteiger partial charge >= 0.3 is 6.03 Å². The number of nitrogens with two attached hydrogens (primary N) is 1. The quantitative estimate of drug-likeness (QED) is 0.686. The SMILES string of the molecule is C[C@@H]1CCC[C@@H](C)N1C(=O)CONC(N)=O. The number of nitrogens with zero attached hydrogens (tertiary/aromatic N) is 1. The highest BCUT2D eigenvalue weighted by Crippen LogP contribution is 2.22. The monoisotopic (exact) mass is 229 g/mol. The number of carbonyl (C=O) groups is 2. The lowest BCUT2D eigenvalue weighted by Gasteiger charge is -2.38. The average molecular weight is 229 g/mol. The normalized spacial score (nSPS) is 25.2. The van der Waals surface area contributed by atoms with Crippen molar-refractivity contribution in [1.29, 1.82) is 0 Å². The number of carbonyl (C=O) groups excluding carboxylic acids is 2. The smallest absolute Gasteiger partial charge is 0.336 e. The summed E-state index contributed by atoms with van der Waals surface area (Å²) in [4.78, 5) is 28.7. The summed E-state index contributed by atoms with van der Waals surface area (Å²) in [5, 5.41) is 0. The second kappa shape index (κ2) is 5.69. The molecule has 6 nitrogen and oxygen atoms in total. The number of hydrogen-bond donors (Lipinski definition) is 2. The van der Waals surface area contributed by atoms with Gasteiger partial charge in [0.1, 0.15) is 0 Å². The molecule has 0 aromatic rings. The molecule has 1 fully saturated rings. The summed E-state index contributed by atoms with van der Waals surface area (Å²) in [6, 6.07) is -0.339. The molecule has 0 saturated carbocycles. The molecule has 92 valence electrons. The molecule has 3 amide bonds. The fraction of sp³-hybridized carbons (Fsp3) is 0.800. The van der Waals surface area contributed by atoms with Crippen LogP contribution >= 0.6 is 0 Å². The molecule has 1 rings (SSSR count). The van der Waals surface area contributed by atoms with Crippen molar-refractivity contribution in [1.82, 2.24) is 10.4 Å². The highest BCUT2D eigenvalue weighted by atomic mass is 16.7. The molecule has 1 saturated heterocycles. The predicted octanol–water partition coefficient (Wildman–Crippen LogP) is 0.376. The Labute approximate surface area is 95.1 Å². The molecule has 1 aliphatic heterocycles. The van der Waals surface area contributed by atoms with Gasteiger partial charge in [-0.2, -0.15) is 0 Å². The van der Waals surface area contributed by atoms with E-state index in [2.05, 4.69) is 0 Å². The lowest BCUT2D eigenvalue weighted by atomic mass is 9.97. The number of hydroxylamine groups is 1. The zero-order valence-electron chi connectivity index (χ0n) is 9.73. The maximum atomic E-state index is 11.8. The van der Waals surface area contributed by atoms with Crippen molar-refractivity contribution in [2.45, 2.75) is 45.2 Å². The van der Waals surface area contributed by atoms with Crippen LogP contribution in [0.1, 0.15) is 33.1 Å². The standard InChI is InChI=1S/C10H19N3O3/c1-7-4-3-5-8(2)13(7)9(14)6-16-12-10(11)15/h7-8H,3-6H2,1-2H3,(H3,11,12,15)/t7-,8-/m1/s1. The Bertz CT molecular complexity index is 260. The Balaban J connectivity index is 2.41. The fourth-order valence-corrected chi connectivity index (χ4v) is 2.16. The van der Waals surface area contributed by atoms with Crippen molar-refractivity contribution >= 4 is 11.9 Å². The first-order valence-corrected chi connectivity index (χ1v) is 5.50. The molecule has 0 aromatic heterocycles. The molecule has 2 atom stereocenters. The van der Waals surface area contributed by atoms with E-state index in [9.17, 15) is 9.59 Å². The molecule has 0 radical (unpaired) electrons. The zero-order valence-corrected chi connectivity index (χ0v) is 9.73. The minimum Gasteiger partial charge on any atom is -0.350 e. The molecular formula is C10H19N3O3. The van der Waals surface area contributed by atoms with Crippen molar-refractivity contribution < 1.29 is 14.4 Å². The van der Waals surface area contributed by atoms with Crippen LogP contribution < -0.4 is 11.2 Å². The number of nitrogens with one attached hydrogen (secondary N) is 1. The fourth-order valence-electron chi connectivity index (χ4n) is 2.16. The molecule has 0 spiro atoms. The van der Waals surface area contributed by atoms with E-state index in [0.29, 0.717) is 0 Å². The van der Waals surface area contributed by atoms with Gasteiger partial charge in [0.05, 0.1) is 0 Å². The molecule has 0 unspecified atom stereocenters. The van der Waals surface area contributed by atoms with E-state index < -0.39 is 6.03 Å². The highest BCUT2D eigenvalue weighted by molar-refractivity contribution is 5.78. The first-order valence-electron chi connectivity index (χ1n) is 5.50. The van der Waals surface area contributed by atoms with Gasteiger partial charge in [-0.15, -0.1) is 0 Å². The van der Waals surface area contributed by atoms with E-state index in [1.807, 2.05) is 24.2 Å². The van der Waals surface area contributed by atoms with Crippen LogP contribution in [0.5, 0.6) is 0 Å². The van der Waals surface area contributed by atoms with Crippen LogP contribution in [0, 0.1) is 0 Å². The minimum absolute atomic E-state index is 0.117. The molecule has 6 heteroatoms. The van der Waals surface area contributed by atoms with Gasteiger partial charge in [0.25, 0.3) is 5.91 Å². The van der Waals surface area contributed by atoms with E-state index >= 15 is 0 Å². The van der Waals surface area contributed by atoms with Crippen LogP contribution in [0.25, 0.3) is 0 Å². The molecule has 3 N–H and O–H groups in total.